The lowest BCUT2D eigenvalue weighted by Crippen LogP contribution is -2.15. The summed E-state index contributed by atoms with van der Waals surface area (Å²) in [5.74, 6) is -0.657. The summed E-state index contributed by atoms with van der Waals surface area (Å²) in [6.07, 6.45) is 0. The van der Waals surface area contributed by atoms with Crippen LogP contribution in [-0.4, -0.2) is 30.1 Å². The van der Waals surface area contributed by atoms with Crippen LogP contribution >= 0.6 is 0 Å². The topological polar surface area (TPSA) is 105 Å². The second-order valence-electron chi connectivity index (χ2n) is 6.26. The lowest BCUT2D eigenvalue weighted by molar-refractivity contribution is -0.385. The number of rotatable bonds is 6. The van der Waals surface area contributed by atoms with Gasteiger partial charge in [-0.1, -0.05) is 38.1 Å². The highest BCUT2D eigenvalue weighted by atomic mass is 16.7. The molecule has 3 rings (SSSR count). The Hall–Kier alpha value is -3.42. The Bertz CT molecular complexity index is 903. The van der Waals surface area contributed by atoms with Crippen LogP contribution in [0.1, 0.15) is 46.0 Å². The molecule has 0 N–H and O–H groups in total. The van der Waals surface area contributed by atoms with Crippen LogP contribution in [0.25, 0.3) is 0 Å². The van der Waals surface area contributed by atoms with Gasteiger partial charge in [-0.2, -0.15) is 0 Å². The summed E-state index contributed by atoms with van der Waals surface area (Å²) in [6.45, 7) is 3.47. The molecule has 0 aromatic heterocycles. The standard InChI is InChI=1S/C19H17NO7/c1-11(2)12-3-5-13(6-4-12)16(21)9-25-19(22)14-7-17-18(27-10-26-17)8-15(14)20(23)24/h3-8,11H,9-10H2,1-2H3. The zero-order valence-corrected chi connectivity index (χ0v) is 14.8. The molecule has 0 saturated heterocycles. The lowest BCUT2D eigenvalue weighted by atomic mass is 10.0. The van der Waals surface area contributed by atoms with Crippen LogP contribution < -0.4 is 9.47 Å². The molecule has 8 nitrogen and oxygen atoms in total. The fraction of sp³-hybridized carbons (Fsp3) is 0.263. The van der Waals surface area contributed by atoms with Gasteiger partial charge in [-0.15, -0.1) is 0 Å². The van der Waals surface area contributed by atoms with Gasteiger partial charge >= 0.3 is 5.97 Å². The van der Waals surface area contributed by atoms with Gasteiger partial charge in [0, 0.05) is 11.6 Å². The molecular formula is C19H17NO7. The largest absolute Gasteiger partial charge is 0.454 e. The van der Waals surface area contributed by atoms with Crippen molar-refractivity contribution in [1.29, 1.82) is 0 Å². The molecule has 2 aromatic carbocycles. The highest BCUT2D eigenvalue weighted by Crippen LogP contribution is 2.38. The molecule has 1 heterocycles. The van der Waals surface area contributed by atoms with Gasteiger partial charge in [0.05, 0.1) is 11.0 Å². The van der Waals surface area contributed by atoms with Crippen LogP contribution in [0.4, 0.5) is 5.69 Å². The average molecular weight is 371 g/mol. The van der Waals surface area contributed by atoms with Gasteiger partial charge in [0.1, 0.15) is 5.56 Å². The van der Waals surface area contributed by atoms with Crippen molar-refractivity contribution in [2.75, 3.05) is 13.4 Å². The number of carbonyl (C=O) groups is 2. The van der Waals surface area contributed by atoms with E-state index in [1.165, 1.54) is 6.07 Å². The number of carbonyl (C=O) groups excluding carboxylic acids is 2. The zero-order chi connectivity index (χ0) is 19.6. The predicted molar refractivity (Wildman–Crippen MR) is 94.4 cm³/mol. The van der Waals surface area contributed by atoms with Gasteiger partial charge in [-0.05, 0) is 11.5 Å². The number of nitro groups is 1. The number of benzene rings is 2. The van der Waals surface area contributed by atoms with Crippen molar-refractivity contribution in [3.8, 4) is 11.5 Å². The first kappa shape index (κ1) is 18.4. The van der Waals surface area contributed by atoms with Gasteiger partial charge in [0.15, 0.2) is 23.9 Å². The molecule has 0 saturated carbocycles. The van der Waals surface area contributed by atoms with Crippen molar-refractivity contribution >= 4 is 17.4 Å². The van der Waals surface area contributed by atoms with Gasteiger partial charge in [0.25, 0.3) is 5.69 Å². The maximum absolute atomic E-state index is 12.3. The number of nitrogens with zero attached hydrogens (tertiary/aromatic N) is 1. The molecule has 1 aliphatic heterocycles. The summed E-state index contributed by atoms with van der Waals surface area (Å²) in [5.41, 5.74) is 0.706. The normalized spacial score (nSPS) is 12.1. The van der Waals surface area contributed by atoms with E-state index in [-0.39, 0.29) is 23.9 Å². The van der Waals surface area contributed by atoms with Crippen LogP contribution in [0.2, 0.25) is 0 Å². The smallest absolute Gasteiger partial charge is 0.345 e. The summed E-state index contributed by atoms with van der Waals surface area (Å²) in [4.78, 5) is 35.0. The summed E-state index contributed by atoms with van der Waals surface area (Å²) in [7, 11) is 0. The van der Waals surface area contributed by atoms with Crippen LogP contribution in [0, 0.1) is 10.1 Å². The Kier molecular flexibility index (Phi) is 5.07. The summed E-state index contributed by atoms with van der Waals surface area (Å²) < 4.78 is 15.2. The average Bonchev–Trinajstić information content (AvgIpc) is 3.12. The first-order valence-electron chi connectivity index (χ1n) is 8.25. The van der Waals surface area contributed by atoms with E-state index < -0.39 is 29.0 Å². The summed E-state index contributed by atoms with van der Waals surface area (Å²) in [5, 5.41) is 11.2. The Morgan fingerprint density at radius 2 is 1.78 bits per heavy atom. The molecule has 8 heteroatoms. The van der Waals surface area contributed by atoms with Crippen molar-refractivity contribution < 1.29 is 28.7 Å². The number of nitro benzene ring substituents is 1. The Morgan fingerprint density at radius 1 is 1.15 bits per heavy atom. The predicted octanol–water partition coefficient (Wildman–Crippen LogP) is 3.49. The minimum Gasteiger partial charge on any atom is -0.454 e. The van der Waals surface area contributed by atoms with Gasteiger partial charge in [-0.3, -0.25) is 14.9 Å². The van der Waals surface area contributed by atoms with Crippen LogP contribution in [0.3, 0.4) is 0 Å². The minimum atomic E-state index is -0.979. The highest BCUT2D eigenvalue weighted by molar-refractivity contribution is 6.00. The maximum atomic E-state index is 12.3. The monoisotopic (exact) mass is 371 g/mol. The Balaban J connectivity index is 1.72. The molecule has 0 spiro atoms. The van der Waals surface area contributed by atoms with Crippen molar-refractivity contribution in [1.82, 2.24) is 0 Å². The first-order chi connectivity index (χ1) is 12.9. The number of hydrogen-bond donors (Lipinski definition) is 0. The van der Waals surface area contributed by atoms with Crippen molar-refractivity contribution in [3.63, 3.8) is 0 Å². The van der Waals surface area contributed by atoms with E-state index in [1.807, 2.05) is 26.0 Å². The fourth-order valence-corrected chi connectivity index (χ4v) is 2.59. The zero-order valence-electron chi connectivity index (χ0n) is 14.8. The third kappa shape index (κ3) is 3.89. The minimum absolute atomic E-state index is 0.0875. The molecule has 0 aliphatic carbocycles. The summed E-state index contributed by atoms with van der Waals surface area (Å²) >= 11 is 0. The maximum Gasteiger partial charge on any atom is 0.345 e. The van der Waals surface area contributed by atoms with Crippen LogP contribution in [-0.2, 0) is 4.74 Å². The van der Waals surface area contributed by atoms with E-state index in [9.17, 15) is 19.7 Å². The number of esters is 1. The van der Waals surface area contributed by atoms with E-state index in [1.54, 1.807) is 12.1 Å². The third-order valence-corrected chi connectivity index (χ3v) is 4.14. The number of ketones is 1. The highest BCUT2D eigenvalue weighted by Gasteiger charge is 2.28. The Morgan fingerprint density at radius 3 is 2.37 bits per heavy atom. The molecule has 140 valence electrons. The number of Topliss-reactive ketones (excluding diaryl/α,β-unsaturated/α-hetero) is 1. The van der Waals surface area contributed by atoms with Gasteiger partial charge < -0.3 is 14.2 Å². The Labute approximate surface area is 154 Å². The number of ether oxygens (including phenoxy) is 3. The van der Waals surface area contributed by atoms with E-state index in [4.69, 9.17) is 14.2 Å². The number of hydrogen-bond acceptors (Lipinski definition) is 7. The van der Waals surface area contributed by atoms with Gasteiger partial charge in [0.2, 0.25) is 6.79 Å². The molecule has 0 fully saturated rings. The molecule has 0 unspecified atom stereocenters. The second-order valence-corrected chi connectivity index (χ2v) is 6.26. The molecular weight excluding hydrogens is 354 g/mol. The van der Waals surface area contributed by atoms with Gasteiger partial charge in [-0.25, -0.2) is 4.79 Å². The quantitative estimate of drug-likeness (QED) is 0.331. The molecule has 0 amide bonds. The van der Waals surface area contributed by atoms with E-state index in [0.717, 1.165) is 11.6 Å². The van der Waals surface area contributed by atoms with Crippen molar-refractivity contribution in [2.24, 2.45) is 0 Å². The third-order valence-electron chi connectivity index (χ3n) is 4.14. The summed E-state index contributed by atoms with van der Waals surface area (Å²) in [6, 6.07) is 9.28. The molecule has 27 heavy (non-hydrogen) atoms. The molecule has 0 radical (unpaired) electrons. The lowest BCUT2D eigenvalue weighted by Gasteiger charge is -2.08. The molecule has 2 aromatic rings. The SMILES string of the molecule is CC(C)c1ccc(C(=O)COC(=O)c2cc3c(cc2[N+](=O)[O-])OCO3)cc1. The number of fused-ring (bicyclic) bond motifs is 1. The first-order valence-corrected chi connectivity index (χ1v) is 8.25. The van der Waals surface area contributed by atoms with E-state index in [0.29, 0.717) is 11.5 Å². The van der Waals surface area contributed by atoms with E-state index in [2.05, 4.69) is 0 Å². The molecule has 1 aliphatic rings. The van der Waals surface area contributed by atoms with Crippen LogP contribution in [0.15, 0.2) is 36.4 Å². The van der Waals surface area contributed by atoms with Crippen molar-refractivity contribution in [3.05, 3.63) is 63.2 Å². The fourth-order valence-electron chi connectivity index (χ4n) is 2.59. The second kappa shape index (κ2) is 7.45. The molecule has 0 bridgehead atoms. The van der Waals surface area contributed by atoms with Crippen molar-refractivity contribution in [2.45, 2.75) is 19.8 Å². The molecule has 0 atom stereocenters. The van der Waals surface area contributed by atoms with E-state index >= 15 is 0 Å². The van der Waals surface area contributed by atoms with Crippen LogP contribution in [0.5, 0.6) is 11.5 Å².